The van der Waals surface area contributed by atoms with E-state index < -0.39 is 6.10 Å². The minimum atomic E-state index is -0.515. The summed E-state index contributed by atoms with van der Waals surface area (Å²) in [4.78, 5) is 15.8. The van der Waals surface area contributed by atoms with Crippen LogP contribution in [-0.2, 0) is 4.79 Å². The Hall–Kier alpha value is -0.830. The van der Waals surface area contributed by atoms with Crippen molar-refractivity contribution < 1.29 is 9.90 Å². The lowest BCUT2D eigenvalue weighted by molar-refractivity contribution is -0.120. The van der Waals surface area contributed by atoms with Crippen LogP contribution in [0.15, 0.2) is 5.16 Å². The van der Waals surface area contributed by atoms with Gasteiger partial charge in [0, 0.05) is 6.54 Å². The first kappa shape index (κ1) is 16.2. The summed E-state index contributed by atoms with van der Waals surface area (Å²) in [6.07, 6.45) is 0.232. The zero-order valence-corrected chi connectivity index (χ0v) is 12.2. The number of thioether (sulfide) groups is 1. The first-order valence-corrected chi connectivity index (χ1v) is 6.83. The molecule has 0 unspecified atom stereocenters. The van der Waals surface area contributed by atoms with Crippen LogP contribution in [0.4, 0.5) is 0 Å². The molecule has 4 N–H and O–H groups in total. The van der Waals surface area contributed by atoms with Gasteiger partial charge in [-0.05, 0) is 19.9 Å². The van der Waals surface area contributed by atoms with Crippen molar-refractivity contribution in [3.63, 3.8) is 0 Å². The molecule has 1 amide bonds. The normalized spacial score (nSPS) is 22.6. The van der Waals surface area contributed by atoms with E-state index in [9.17, 15) is 9.90 Å². The number of halogens is 1. The molecule has 7 nitrogen and oxygen atoms in total. The molecule has 1 aliphatic rings. The second-order valence-electron chi connectivity index (χ2n) is 4.23. The van der Waals surface area contributed by atoms with Crippen LogP contribution >= 0.6 is 24.2 Å². The third kappa shape index (κ3) is 4.98. The molecule has 1 aliphatic heterocycles. The Kier molecular flexibility index (Phi) is 6.56. The number of hydrogen-bond donors (Lipinski definition) is 4. The summed E-state index contributed by atoms with van der Waals surface area (Å²) >= 11 is 1.28. The van der Waals surface area contributed by atoms with E-state index in [0.29, 0.717) is 11.7 Å². The van der Waals surface area contributed by atoms with Crippen molar-refractivity contribution in [2.75, 3.05) is 18.8 Å². The summed E-state index contributed by atoms with van der Waals surface area (Å²) in [6.45, 7) is 3.15. The molecule has 9 heteroatoms. The van der Waals surface area contributed by atoms with Gasteiger partial charge >= 0.3 is 0 Å². The van der Waals surface area contributed by atoms with Gasteiger partial charge in [-0.15, -0.1) is 17.5 Å². The molecule has 0 radical (unpaired) electrons. The van der Waals surface area contributed by atoms with E-state index in [4.69, 9.17) is 0 Å². The fourth-order valence-electron chi connectivity index (χ4n) is 1.78. The number of aromatic nitrogens is 3. The molecule has 0 bridgehead atoms. The summed E-state index contributed by atoms with van der Waals surface area (Å²) in [5, 5.41) is 22.8. The monoisotopic (exact) mass is 307 g/mol. The van der Waals surface area contributed by atoms with E-state index in [2.05, 4.69) is 25.8 Å². The van der Waals surface area contributed by atoms with E-state index in [-0.39, 0.29) is 30.1 Å². The van der Waals surface area contributed by atoms with E-state index >= 15 is 0 Å². The summed E-state index contributed by atoms with van der Waals surface area (Å²) in [5.41, 5.74) is 0. The molecule has 1 aromatic heterocycles. The van der Waals surface area contributed by atoms with Crippen molar-refractivity contribution in [1.29, 1.82) is 0 Å². The largest absolute Gasteiger partial charge is 0.390 e. The highest BCUT2D eigenvalue weighted by atomic mass is 35.5. The first-order valence-electron chi connectivity index (χ1n) is 5.85. The van der Waals surface area contributed by atoms with Gasteiger partial charge in [0.1, 0.15) is 5.82 Å². The van der Waals surface area contributed by atoms with E-state index in [1.807, 2.05) is 6.92 Å². The van der Waals surface area contributed by atoms with Gasteiger partial charge in [0.2, 0.25) is 11.1 Å². The van der Waals surface area contributed by atoms with Gasteiger partial charge in [-0.25, -0.2) is 4.98 Å². The molecule has 1 saturated heterocycles. The Morgan fingerprint density at radius 3 is 3.05 bits per heavy atom. The van der Waals surface area contributed by atoms with Crippen LogP contribution < -0.4 is 10.6 Å². The maximum absolute atomic E-state index is 11.7. The zero-order valence-electron chi connectivity index (χ0n) is 10.5. The minimum absolute atomic E-state index is 0. The van der Waals surface area contributed by atoms with Gasteiger partial charge in [0.15, 0.2) is 0 Å². The fraction of sp³-hybridized carbons (Fsp3) is 0.700. The Morgan fingerprint density at radius 1 is 1.63 bits per heavy atom. The predicted molar refractivity (Wildman–Crippen MR) is 74.5 cm³/mol. The summed E-state index contributed by atoms with van der Waals surface area (Å²) in [7, 11) is 0. The molecule has 108 valence electrons. The second kappa shape index (κ2) is 7.68. The quantitative estimate of drug-likeness (QED) is 0.558. The predicted octanol–water partition coefficient (Wildman–Crippen LogP) is -0.534. The summed E-state index contributed by atoms with van der Waals surface area (Å²) < 4.78 is 0. The summed E-state index contributed by atoms with van der Waals surface area (Å²) in [6, 6.07) is -0.159. The fourth-order valence-corrected chi connectivity index (χ4v) is 2.43. The highest BCUT2D eigenvalue weighted by Crippen LogP contribution is 2.12. The van der Waals surface area contributed by atoms with Crippen molar-refractivity contribution in [3.05, 3.63) is 5.82 Å². The number of β-amino-alcohol motifs (C(OH)–C–C–N with tert-alkyl or cyclic N) is 1. The molecular weight excluding hydrogens is 290 g/mol. The lowest BCUT2D eigenvalue weighted by Crippen LogP contribution is -2.53. The van der Waals surface area contributed by atoms with Crippen LogP contribution in [-0.4, -0.2) is 57.2 Å². The van der Waals surface area contributed by atoms with Gasteiger partial charge in [-0.3, -0.25) is 9.89 Å². The number of aliphatic hydroxyl groups excluding tert-OH is 1. The highest BCUT2D eigenvalue weighted by Gasteiger charge is 2.24. The van der Waals surface area contributed by atoms with Crippen LogP contribution in [0.3, 0.4) is 0 Å². The molecule has 0 aliphatic carbocycles. The Morgan fingerprint density at radius 2 is 2.42 bits per heavy atom. The molecule has 0 aromatic carbocycles. The number of aliphatic hydroxyl groups is 1. The molecule has 1 aromatic rings. The minimum Gasteiger partial charge on any atom is -0.390 e. The third-order valence-corrected chi connectivity index (χ3v) is 3.55. The number of nitrogens with one attached hydrogen (secondary N) is 3. The molecule has 19 heavy (non-hydrogen) atoms. The number of piperidine rings is 1. The van der Waals surface area contributed by atoms with Gasteiger partial charge in [0.05, 0.1) is 17.9 Å². The average Bonchev–Trinajstić information content (AvgIpc) is 2.76. The lowest BCUT2D eigenvalue weighted by Gasteiger charge is -2.28. The third-order valence-electron chi connectivity index (χ3n) is 2.71. The highest BCUT2D eigenvalue weighted by molar-refractivity contribution is 7.99. The standard InChI is InChI=1S/C10H17N5O2S.ClH/c1-6-12-10(15-14-6)18-5-9(17)13-7-2-3-11-4-8(7)16;/h7-8,11,16H,2-5H2,1H3,(H,13,17)(H,12,14,15);1H/t7-,8-;/m1./s1. The number of carbonyl (C=O) groups is 1. The van der Waals surface area contributed by atoms with E-state index in [1.54, 1.807) is 0 Å². The average molecular weight is 308 g/mol. The molecule has 0 saturated carbocycles. The van der Waals surface area contributed by atoms with Gasteiger partial charge in [0.25, 0.3) is 0 Å². The van der Waals surface area contributed by atoms with Crippen LogP contribution in [0.25, 0.3) is 0 Å². The molecule has 2 atom stereocenters. The number of rotatable bonds is 4. The Labute approximate surface area is 121 Å². The van der Waals surface area contributed by atoms with Crippen molar-refractivity contribution in [3.8, 4) is 0 Å². The number of carbonyl (C=O) groups excluding carboxylic acids is 1. The van der Waals surface area contributed by atoms with Crippen LogP contribution in [0.2, 0.25) is 0 Å². The van der Waals surface area contributed by atoms with Gasteiger partial charge < -0.3 is 15.7 Å². The van der Waals surface area contributed by atoms with Crippen molar-refractivity contribution >= 4 is 30.1 Å². The van der Waals surface area contributed by atoms with Crippen LogP contribution in [0, 0.1) is 6.92 Å². The zero-order chi connectivity index (χ0) is 13.0. The maximum atomic E-state index is 11.7. The van der Waals surface area contributed by atoms with Crippen LogP contribution in [0.5, 0.6) is 0 Å². The number of amides is 1. The van der Waals surface area contributed by atoms with Crippen molar-refractivity contribution in [2.24, 2.45) is 0 Å². The SMILES string of the molecule is Cc1nc(SCC(=O)N[C@@H]2CCNC[C@H]2O)n[nH]1.Cl. The lowest BCUT2D eigenvalue weighted by atomic mass is 10.0. The second-order valence-corrected chi connectivity index (χ2v) is 5.17. The van der Waals surface area contributed by atoms with Crippen molar-refractivity contribution in [1.82, 2.24) is 25.8 Å². The van der Waals surface area contributed by atoms with Crippen molar-refractivity contribution in [2.45, 2.75) is 30.6 Å². The number of hydrogen-bond acceptors (Lipinski definition) is 6. The molecular formula is C10H18ClN5O2S. The molecule has 2 rings (SSSR count). The smallest absolute Gasteiger partial charge is 0.230 e. The van der Waals surface area contributed by atoms with E-state index in [1.165, 1.54) is 11.8 Å². The van der Waals surface area contributed by atoms with Crippen LogP contribution in [0.1, 0.15) is 12.2 Å². The van der Waals surface area contributed by atoms with Gasteiger partial charge in [-0.1, -0.05) is 11.8 Å². The Bertz CT molecular complexity index is 416. The number of aromatic amines is 1. The maximum Gasteiger partial charge on any atom is 0.230 e. The number of H-pyrrole nitrogens is 1. The van der Waals surface area contributed by atoms with E-state index in [0.717, 1.165) is 18.8 Å². The number of aryl methyl sites for hydroxylation is 1. The molecule has 2 heterocycles. The molecule has 0 spiro atoms. The Balaban J connectivity index is 0.00000180. The first-order chi connectivity index (χ1) is 8.65. The molecule has 1 fully saturated rings. The number of nitrogens with zero attached hydrogens (tertiary/aromatic N) is 2. The summed E-state index contributed by atoms with van der Waals surface area (Å²) in [5.74, 6) is 0.883. The van der Waals surface area contributed by atoms with Gasteiger partial charge in [-0.2, -0.15) is 0 Å². The topological polar surface area (TPSA) is 103 Å².